The molecule has 1 aromatic heterocycles. The molecule has 0 saturated heterocycles. The summed E-state index contributed by atoms with van der Waals surface area (Å²) < 4.78 is 2.25. The number of thiophene rings is 1. The molecule has 2 nitrogen and oxygen atoms in total. The molecule has 1 unspecified atom stereocenters. The molecule has 0 saturated carbocycles. The van der Waals surface area contributed by atoms with Crippen molar-refractivity contribution in [1.29, 1.82) is 0 Å². The van der Waals surface area contributed by atoms with Gasteiger partial charge in [-0.3, -0.25) is 11.3 Å². The predicted octanol–water partition coefficient (Wildman–Crippen LogP) is 4.33. The highest BCUT2D eigenvalue weighted by Crippen LogP contribution is 2.30. The second-order valence-electron chi connectivity index (χ2n) is 4.13. The van der Waals surface area contributed by atoms with Crippen LogP contribution in [0.3, 0.4) is 0 Å². The lowest BCUT2D eigenvalue weighted by atomic mass is 10.0. The van der Waals surface area contributed by atoms with Gasteiger partial charge in [0.1, 0.15) is 0 Å². The van der Waals surface area contributed by atoms with Gasteiger partial charge in [-0.2, -0.15) is 0 Å². The van der Waals surface area contributed by atoms with Gasteiger partial charge < -0.3 is 0 Å². The van der Waals surface area contributed by atoms with Crippen molar-refractivity contribution >= 4 is 43.2 Å². The number of benzene rings is 1. The summed E-state index contributed by atoms with van der Waals surface area (Å²) in [6.07, 6.45) is 0.884. The summed E-state index contributed by atoms with van der Waals surface area (Å²) in [7, 11) is 0. The van der Waals surface area contributed by atoms with Crippen LogP contribution < -0.4 is 11.3 Å². The van der Waals surface area contributed by atoms with Crippen LogP contribution in [-0.4, -0.2) is 0 Å². The second kappa shape index (κ2) is 6.30. The first-order valence-corrected chi connectivity index (χ1v) is 8.02. The van der Waals surface area contributed by atoms with Gasteiger partial charge >= 0.3 is 0 Å². The van der Waals surface area contributed by atoms with Crippen molar-refractivity contribution in [2.75, 3.05) is 0 Å². The Bertz CT molecular complexity index is 540. The van der Waals surface area contributed by atoms with Crippen molar-refractivity contribution < 1.29 is 0 Å². The van der Waals surface area contributed by atoms with Gasteiger partial charge in [-0.25, -0.2) is 0 Å². The minimum absolute atomic E-state index is 0.116. The summed E-state index contributed by atoms with van der Waals surface area (Å²) >= 11 is 8.85. The average molecular weight is 390 g/mol. The Morgan fingerprint density at radius 1 is 1.39 bits per heavy atom. The van der Waals surface area contributed by atoms with Gasteiger partial charge in [0, 0.05) is 25.6 Å². The van der Waals surface area contributed by atoms with E-state index in [9.17, 15) is 0 Å². The molecule has 0 bridgehead atoms. The van der Waals surface area contributed by atoms with Gasteiger partial charge in [0.25, 0.3) is 0 Å². The quantitative estimate of drug-likeness (QED) is 0.603. The highest BCUT2D eigenvalue weighted by atomic mass is 79.9. The Labute approximate surface area is 128 Å². The van der Waals surface area contributed by atoms with Crippen LogP contribution in [-0.2, 0) is 6.42 Å². The third-order valence-corrected chi connectivity index (χ3v) is 5.63. The molecule has 2 aromatic rings. The zero-order chi connectivity index (χ0) is 13.1. The number of hydrogen-bond acceptors (Lipinski definition) is 3. The maximum absolute atomic E-state index is 5.70. The number of hydrazine groups is 1. The summed E-state index contributed by atoms with van der Waals surface area (Å²) in [5, 5.41) is 2.09. The standard InChI is InChI=1S/C13H14Br2N2S/c1-8-3-2-4-11(13(8)15)12(17-16)6-10-5-9(14)7-18-10/h2-5,7,12,17H,6,16H2,1H3. The largest absolute Gasteiger partial charge is 0.271 e. The second-order valence-corrected chi connectivity index (χ2v) is 6.84. The summed E-state index contributed by atoms with van der Waals surface area (Å²) in [5.74, 6) is 5.70. The van der Waals surface area contributed by atoms with E-state index in [4.69, 9.17) is 5.84 Å². The molecule has 18 heavy (non-hydrogen) atoms. The lowest BCUT2D eigenvalue weighted by molar-refractivity contribution is 0.553. The van der Waals surface area contributed by atoms with Crippen LogP contribution in [0.15, 0.2) is 38.6 Å². The molecule has 1 atom stereocenters. The molecule has 0 radical (unpaired) electrons. The van der Waals surface area contributed by atoms with Crippen LogP contribution in [0.1, 0.15) is 22.0 Å². The van der Waals surface area contributed by atoms with Crippen molar-refractivity contribution in [3.8, 4) is 0 Å². The van der Waals surface area contributed by atoms with E-state index in [1.54, 1.807) is 11.3 Å². The van der Waals surface area contributed by atoms with Crippen LogP contribution in [0, 0.1) is 6.92 Å². The summed E-state index contributed by atoms with van der Waals surface area (Å²) in [6.45, 7) is 2.09. The Morgan fingerprint density at radius 2 is 2.17 bits per heavy atom. The van der Waals surface area contributed by atoms with Crippen molar-refractivity contribution in [3.05, 3.63) is 54.6 Å². The fourth-order valence-electron chi connectivity index (χ4n) is 1.86. The Morgan fingerprint density at radius 3 is 2.78 bits per heavy atom. The molecular weight excluding hydrogens is 376 g/mol. The van der Waals surface area contributed by atoms with Gasteiger partial charge in [0.05, 0.1) is 6.04 Å². The average Bonchev–Trinajstić information content (AvgIpc) is 2.76. The van der Waals surface area contributed by atoms with Crippen molar-refractivity contribution in [2.24, 2.45) is 5.84 Å². The minimum atomic E-state index is 0.116. The van der Waals surface area contributed by atoms with E-state index in [1.165, 1.54) is 16.0 Å². The van der Waals surface area contributed by atoms with E-state index in [1.807, 2.05) is 0 Å². The van der Waals surface area contributed by atoms with Crippen molar-refractivity contribution in [2.45, 2.75) is 19.4 Å². The molecule has 0 aliphatic heterocycles. The third kappa shape index (κ3) is 3.22. The van der Waals surface area contributed by atoms with Gasteiger partial charge in [-0.15, -0.1) is 11.3 Å². The van der Waals surface area contributed by atoms with Crippen molar-refractivity contribution in [1.82, 2.24) is 5.43 Å². The van der Waals surface area contributed by atoms with Crippen LogP contribution >= 0.6 is 43.2 Å². The first-order valence-electron chi connectivity index (χ1n) is 5.56. The van der Waals surface area contributed by atoms with Crippen LogP contribution in [0.2, 0.25) is 0 Å². The van der Waals surface area contributed by atoms with Crippen LogP contribution in [0.25, 0.3) is 0 Å². The lowest BCUT2D eigenvalue weighted by Gasteiger charge is -2.18. The number of hydrogen-bond donors (Lipinski definition) is 2. The first kappa shape index (κ1) is 14.2. The SMILES string of the molecule is Cc1cccc(C(Cc2cc(Br)cs2)NN)c1Br. The van der Waals surface area contributed by atoms with E-state index in [0.29, 0.717) is 0 Å². The van der Waals surface area contributed by atoms with Gasteiger partial charge in [0.2, 0.25) is 0 Å². The molecule has 5 heteroatoms. The van der Waals surface area contributed by atoms with E-state index < -0.39 is 0 Å². The predicted molar refractivity (Wildman–Crippen MR) is 84.7 cm³/mol. The van der Waals surface area contributed by atoms with E-state index in [0.717, 1.165) is 15.4 Å². The van der Waals surface area contributed by atoms with Gasteiger partial charge in [0.15, 0.2) is 0 Å². The lowest BCUT2D eigenvalue weighted by Crippen LogP contribution is -2.29. The molecule has 1 aromatic carbocycles. The molecular formula is C13H14Br2N2S. The topological polar surface area (TPSA) is 38.0 Å². The highest BCUT2D eigenvalue weighted by molar-refractivity contribution is 9.10. The molecule has 0 fully saturated rings. The maximum atomic E-state index is 5.70. The molecule has 2 rings (SSSR count). The van der Waals surface area contributed by atoms with E-state index in [2.05, 4.69) is 73.9 Å². The Kier molecular flexibility index (Phi) is 4.98. The minimum Gasteiger partial charge on any atom is -0.271 e. The zero-order valence-electron chi connectivity index (χ0n) is 9.91. The monoisotopic (exact) mass is 388 g/mol. The van der Waals surface area contributed by atoms with E-state index >= 15 is 0 Å². The van der Waals surface area contributed by atoms with Crippen molar-refractivity contribution in [3.63, 3.8) is 0 Å². The normalized spacial score (nSPS) is 12.7. The molecule has 0 aliphatic rings. The number of nitrogens with two attached hydrogens (primary N) is 1. The first-order chi connectivity index (χ1) is 8.61. The summed E-state index contributed by atoms with van der Waals surface area (Å²) in [4.78, 5) is 1.30. The van der Waals surface area contributed by atoms with Gasteiger partial charge in [-0.1, -0.05) is 34.1 Å². The van der Waals surface area contributed by atoms with Crippen LogP contribution in [0.4, 0.5) is 0 Å². The Hall–Kier alpha value is -0.200. The number of aryl methyl sites for hydroxylation is 1. The third-order valence-electron chi connectivity index (χ3n) is 2.83. The molecule has 1 heterocycles. The molecule has 3 N–H and O–H groups in total. The fourth-order valence-corrected chi connectivity index (χ4v) is 3.90. The molecule has 0 amide bonds. The zero-order valence-corrected chi connectivity index (χ0v) is 13.9. The highest BCUT2D eigenvalue weighted by Gasteiger charge is 2.15. The number of halogens is 2. The Balaban J connectivity index is 2.25. The maximum Gasteiger partial charge on any atom is 0.0519 e. The fraction of sp³-hybridized carbons (Fsp3) is 0.231. The summed E-state index contributed by atoms with van der Waals surface area (Å²) in [5.41, 5.74) is 5.32. The number of rotatable bonds is 4. The summed E-state index contributed by atoms with van der Waals surface area (Å²) in [6, 6.07) is 8.50. The van der Waals surface area contributed by atoms with Gasteiger partial charge in [-0.05, 0) is 40.0 Å². The van der Waals surface area contributed by atoms with E-state index in [-0.39, 0.29) is 6.04 Å². The molecule has 0 aliphatic carbocycles. The smallest absolute Gasteiger partial charge is 0.0519 e. The molecule has 96 valence electrons. The van der Waals surface area contributed by atoms with Crippen LogP contribution in [0.5, 0.6) is 0 Å². The number of nitrogens with one attached hydrogen (secondary N) is 1. The molecule has 0 spiro atoms.